The second-order valence-corrected chi connectivity index (χ2v) is 4.79. The van der Waals surface area contributed by atoms with Crippen molar-refractivity contribution >= 4 is 22.4 Å². The molecule has 6 nitrogen and oxygen atoms in total. The smallest absolute Gasteiger partial charge is 0.157 e. The monoisotopic (exact) mass is 253 g/mol. The van der Waals surface area contributed by atoms with Gasteiger partial charge in [0.2, 0.25) is 0 Å². The van der Waals surface area contributed by atoms with Crippen molar-refractivity contribution in [2.45, 2.75) is 6.10 Å². The van der Waals surface area contributed by atoms with Crippen molar-refractivity contribution in [2.75, 3.05) is 44.3 Å². The summed E-state index contributed by atoms with van der Waals surface area (Å²) in [7, 11) is 2.07. The highest BCUT2D eigenvalue weighted by Crippen LogP contribution is 2.25. The van der Waals surface area contributed by atoms with Crippen LogP contribution in [0.5, 0.6) is 0 Å². The average molecular weight is 253 g/mol. The highest BCUT2D eigenvalue weighted by atomic mass is 32.1. The minimum atomic E-state index is 0.142. The number of rotatable bonds is 3. The van der Waals surface area contributed by atoms with Crippen LogP contribution in [0.2, 0.25) is 0 Å². The van der Waals surface area contributed by atoms with Gasteiger partial charge in [-0.1, -0.05) is 0 Å². The molecule has 1 unspecified atom stereocenters. The van der Waals surface area contributed by atoms with Crippen molar-refractivity contribution in [3.8, 4) is 6.07 Å². The Bertz CT molecular complexity index is 427. The quantitative estimate of drug-likeness (QED) is 0.807. The van der Waals surface area contributed by atoms with Gasteiger partial charge in [-0.2, -0.15) is 9.64 Å². The van der Waals surface area contributed by atoms with Gasteiger partial charge in [0, 0.05) is 19.6 Å². The van der Waals surface area contributed by atoms with Crippen LogP contribution in [0.15, 0.2) is 0 Å². The van der Waals surface area contributed by atoms with E-state index in [0.717, 1.165) is 24.7 Å². The standard InChI is InChI=1S/C10H15N5OS/c1-15-2-3-16-7(6-15)5-13-10-8(4-11)9(12)14-17-10/h7,13H,2-3,5-6H2,1H3,(H2,12,14). The van der Waals surface area contributed by atoms with E-state index in [1.807, 2.05) is 6.07 Å². The Morgan fingerprint density at radius 3 is 3.29 bits per heavy atom. The molecule has 1 aliphatic rings. The van der Waals surface area contributed by atoms with E-state index in [4.69, 9.17) is 15.7 Å². The third kappa shape index (κ3) is 2.85. The molecule has 0 aromatic carbocycles. The minimum absolute atomic E-state index is 0.142. The van der Waals surface area contributed by atoms with Crippen LogP contribution < -0.4 is 11.1 Å². The molecule has 0 aliphatic carbocycles. The number of nitrogens with zero attached hydrogens (tertiary/aromatic N) is 3. The van der Waals surface area contributed by atoms with Gasteiger partial charge in [-0.15, -0.1) is 0 Å². The number of ether oxygens (including phenoxy) is 1. The molecule has 0 saturated carbocycles. The van der Waals surface area contributed by atoms with Gasteiger partial charge in [0.15, 0.2) is 5.82 Å². The Morgan fingerprint density at radius 2 is 2.59 bits per heavy atom. The van der Waals surface area contributed by atoms with E-state index in [0.29, 0.717) is 17.9 Å². The summed E-state index contributed by atoms with van der Waals surface area (Å²) in [5.74, 6) is 0.293. The predicted octanol–water partition coefficient (Wildman–Crippen LogP) is 0.339. The summed E-state index contributed by atoms with van der Waals surface area (Å²) in [6, 6.07) is 2.05. The SMILES string of the molecule is CN1CCOC(CNc2snc(N)c2C#N)C1. The number of morpholine rings is 1. The first kappa shape index (κ1) is 12.1. The topological polar surface area (TPSA) is 87.2 Å². The van der Waals surface area contributed by atoms with E-state index in [1.165, 1.54) is 11.5 Å². The molecule has 0 bridgehead atoms. The molecule has 1 aromatic heterocycles. The summed E-state index contributed by atoms with van der Waals surface area (Å²) >= 11 is 1.21. The van der Waals surface area contributed by atoms with E-state index >= 15 is 0 Å². The Labute approximate surface area is 104 Å². The lowest BCUT2D eigenvalue weighted by atomic mass is 10.2. The summed E-state index contributed by atoms with van der Waals surface area (Å²) in [6.45, 7) is 3.27. The number of nitriles is 1. The highest BCUT2D eigenvalue weighted by Gasteiger charge is 2.18. The Balaban J connectivity index is 1.91. The first-order chi connectivity index (χ1) is 8.20. The zero-order valence-corrected chi connectivity index (χ0v) is 10.5. The third-order valence-corrected chi connectivity index (χ3v) is 3.48. The molecule has 17 heavy (non-hydrogen) atoms. The zero-order valence-electron chi connectivity index (χ0n) is 9.64. The van der Waals surface area contributed by atoms with Crippen LogP contribution in [0.4, 0.5) is 10.8 Å². The molecule has 7 heteroatoms. The summed E-state index contributed by atoms with van der Waals surface area (Å²) < 4.78 is 9.57. The van der Waals surface area contributed by atoms with Gasteiger partial charge in [0.1, 0.15) is 16.6 Å². The number of anilines is 2. The first-order valence-electron chi connectivity index (χ1n) is 5.40. The van der Waals surface area contributed by atoms with Crippen LogP contribution in [0, 0.1) is 11.3 Å². The normalized spacial score (nSPS) is 21.1. The Morgan fingerprint density at radius 1 is 1.76 bits per heavy atom. The zero-order chi connectivity index (χ0) is 12.3. The van der Waals surface area contributed by atoms with E-state index in [1.54, 1.807) is 0 Å². The molecule has 0 amide bonds. The number of hydrogen-bond acceptors (Lipinski definition) is 7. The van der Waals surface area contributed by atoms with Crippen molar-refractivity contribution < 1.29 is 4.74 Å². The number of likely N-dealkylation sites (N-methyl/N-ethyl adjacent to an activating group) is 1. The van der Waals surface area contributed by atoms with Gasteiger partial charge in [0.05, 0.1) is 12.7 Å². The van der Waals surface area contributed by atoms with Crippen LogP contribution in [0.3, 0.4) is 0 Å². The van der Waals surface area contributed by atoms with Gasteiger partial charge in [-0.25, -0.2) is 0 Å². The molecule has 3 N–H and O–H groups in total. The molecular formula is C10H15N5OS. The summed E-state index contributed by atoms with van der Waals surface area (Å²) in [5, 5.41) is 12.8. The van der Waals surface area contributed by atoms with Gasteiger partial charge in [-0.3, -0.25) is 0 Å². The second-order valence-electron chi connectivity index (χ2n) is 4.02. The van der Waals surface area contributed by atoms with Crippen molar-refractivity contribution in [1.29, 1.82) is 5.26 Å². The Hall–Kier alpha value is -1.36. The molecule has 2 heterocycles. The summed E-state index contributed by atoms with van der Waals surface area (Å²) in [5.41, 5.74) is 6.01. The van der Waals surface area contributed by atoms with Crippen LogP contribution >= 0.6 is 11.5 Å². The van der Waals surface area contributed by atoms with Gasteiger partial charge >= 0.3 is 0 Å². The maximum Gasteiger partial charge on any atom is 0.157 e. The molecule has 1 fully saturated rings. The van der Waals surface area contributed by atoms with Crippen LogP contribution in [-0.2, 0) is 4.74 Å². The molecule has 92 valence electrons. The van der Waals surface area contributed by atoms with Crippen LogP contribution in [0.25, 0.3) is 0 Å². The number of nitrogen functional groups attached to an aromatic ring is 1. The largest absolute Gasteiger partial charge is 0.382 e. The average Bonchev–Trinajstić information content (AvgIpc) is 2.67. The first-order valence-corrected chi connectivity index (χ1v) is 6.17. The van der Waals surface area contributed by atoms with Crippen molar-refractivity contribution in [3.63, 3.8) is 0 Å². The maximum absolute atomic E-state index is 8.92. The molecule has 1 atom stereocenters. The molecular weight excluding hydrogens is 238 g/mol. The fourth-order valence-electron chi connectivity index (χ4n) is 1.73. The van der Waals surface area contributed by atoms with Crippen molar-refractivity contribution in [1.82, 2.24) is 9.27 Å². The molecule has 0 spiro atoms. The van der Waals surface area contributed by atoms with E-state index in [2.05, 4.69) is 21.6 Å². The molecule has 1 aliphatic heterocycles. The number of aromatic nitrogens is 1. The van der Waals surface area contributed by atoms with Gasteiger partial charge < -0.3 is 20.7 Å². The van der Waals surface area contributed by atoms with Gasteiger partial charge in [-0.05, 0) is 18.6 Å². The van der Waals surface area contributed by atoms with E-state index in [-0.39, 0.29) is 6.10 Å². The highest BCUT2D eigenvalue weighted by molar-refractivity contribution is 7.10. The lowest BCUT2D eigenvalue weighted by Gasteiger charge is -2.30. The lowest BCUT2D eigenvalue weighted by Crippen LogP contribution is -2.43. The van der Waals surface area contributed by atoms with E-state index in [9.17, 15) is 0 Å². The van der Waals surface area contributed by atoms with Crippen molar-refractivity contribution in [3.05, 3.63) is 5.56 Å². The van der Waals surface area contributed by atoms with Crippen molar-refractivity contribution in [2.24, 2.45) is 0 Å². The fraction of sp³-hybridized carbons (Fsp3) is 0.600. The van der Waals surface area contributed by atoms with Gasteiger partial charge in [0.25, 0.3) is 0 Å². The van der Waals surface area contributed by atoms with Crippen LogP contribution in [-0.4, -0.2) is 48.7 Å². The predicted molar refractivity (Wildman–Crippen MR) is 67.0 cm³/mol. The number of nitrogens with one attached hydrogen (secondary N) is 1. The molecule has 1 saturated heterocycles. The minimum Gasteiger partial charge on any atom is -0.382 e. The molecule has 0 radical (unpaired) electrons. The summed E-state index contributed by atoms with van der Waals surface area (Å²) in [6.07, 6.45) is 0.142. The summed E-state index contributed by atoms with van der Waals surface area (Å²) in [4.78, 5) is 2.22. The van der Waals surface area contributed by atoms with E-state index < -0.39 is 0 Å². The lowest BCUT2D eigenvalue weighted by molar-refractivity contribution is -0.0116. The molecule has 2 rings (SSSR count). The number of nitrogens with two attached hydrogens (primary N) is 1. The second kappa shape index (κ2) is 5.31. The maximum atomic E-state index is 8.92. The fourth-order valence-corrected chi connectivity index (χ4v) is 2.40. The van der Waals surface area contributed by atoms with Crippen LogP contribution in [0.1, 0.15) is 5.56 Å². The molecule has 1 aromatic rings. The number of hydrogen-bond donors (Lipinski definition) is 2. The third-order valence-electron chi connectivity index (χ3n) is 2.66. The Kier molecular flexibility index (Phi) is 3.78.